The van der Waals surface area contributed by atoms with Gasteiger partial charge in [0.2, 0.25) is 15.9 Å². The molecule has 6 nitrogen and oxygen atoms in total. The summed E-state index contributed by atoms with van der Waals surface area (Å²) in [7, 11) is -3.63. The van der Waals surface area contributed by atoms with Crippen LogP contribution < -0.4 is 14.4 Å². The summed E-state index contributed by atoms with van der Waals surface area (Å²) in [6, 6.07) is 12.7. The smallest absolute Gasteiger partial charge is 0.240 e. The molecule has 8 heteroatoms. The number of hydrogen-bond acceptors (Lipinski definition) is 4. The minimum atomic E-state index is -3.63. The van der Waals surface area contributed by atoms with Crippen molar-refractivity contribution in [3.63, 3.8) is 0 Å². The molecule has 0 aliphatic rings. The molecule has 0 aliphatic carbocycles. The Morgan fingerprint density at radius 2 is 1.86 bits per heavy atom. The van der Waals surface area contributed by atoms with E-state index in [9.17, 15) is 13.2 Å². The zero-order valence-electron chi connectivity index (χ0n) is 16.9. The van der Waals surface area contributed by atoms with Gasteiger partial charge in [0.15, 0.2) is 0 Å². The van der Waals surface area contributed by atoms with Crippen molar-refractivity contribution in [2.45, 2.75) is 26.7 Å². The third-order valence-corrected chi connectivity index (χ3v) is 5.63. The molecule has 2 aromatic rings. The molecule has 29 heavy (non-hydrogen) atoms. The zero-order chi connectivity index (χ0) is 21.4. The molecule has 0 saturated heterocycles. The van der Waals surface area contributed by atoms with Crippen LogP contribution in [0.15, 0.2) is 42.5 Å². The molecule has 1 amide bonds. The van der Waals surface area contributed by atoms with Gasteiger partial charge in [-0.15, -0.1) is 0 Å². The Balaban J connectivity index is 1.88. The van der Waals surface area contributed by atoms with Crippen LogP contribution in [0.25, 0.3) is 0 Å². The van der Waals surface area contributed by atoms with Crippen molar-refractivity contribution in [1.29, 1.82) is 0 Å². The Labute approximate surface area is 177 Å². The third-order valence-electron chi connectivity index (χ3n) is 4.27. The summed E-state index contributed by atoms with van der Waals surface area (Å²) in [5.41, 5.74) is 2.35. The summed E-state index contributed by atoms with van der Waals surface area (Å²) in [4.78, 5) is 12.3. The Hall–Kier alpha value is -2.25. The SMILES string of the molecule is CCCc1ccc(OCCNC(=O)CN(c2ccc(Cl)cc2C)S(C)(=O)=O)cc1. The summed E-state index contributed by atoms with van der Waals surface area (Å²) in [5.74, 6) is 0.320. The van der Waals surface area contributed by atoms with E-state index in [-0.39, 0.29) is 19.7 Å². The van der Waals surface area contributed by atoms with Gasteiger partial charge >= 0.3 is 0 Å². The minimum absolute atomic E-state index is 0.271. The number of halogens is 1. The van der Waals surface area contributed by atoms with Crippen molar-refractivity contribution in [1.82, 2.24) is 5.32 Å². The normalized spacial score (nSPS) is 11.2. The molecule has 2 aromatic carbocycles. The summed E-state index contributed by atoms with van der Waals surface area (Å²) in [6.07, 6.45) is 3.19. The summed E-state index contributed by atoms with van der Waals surface area (Å²) < 4.78 is 31.1. The lowest BCUT2D eigenvalue weighted by atomic mass is 10.1. The topological polar surface area (TPSA) is 75.7 Å². The van der Waals surface area contributed by atoms with E-state index in [4.69, 9.17) is 16.3 Å². The highest BCUT2D eigenvalue weighted by atomic mass is 35.5. The van der Waals surface area contributed by atoms with Crippen molar-refractivity contribution >= 4 is 33.2 Å². The number of carbonyl (C=O) groups is 1. The van der Waals surface area contributed by atoms with E-state index in [1.807, 2.05) is 24.3 Å². The second kappa shape index (κ2) is 10.5. The van der Waals surface area contributed by atoms with Crippen LogP contribution >= 0.6 is 11.6 Å². The first-order valence-corrected chi connectivity index (χ1v) is 11.7. The largest absolute Gasteiger partial charge is 0.492 e. The van der Waals surface area contributed by atoms with Gasteiger partial charge in [-0.25, -0.2) is 8.42 Å². The molecule has 0 spiro atoms. The van der Waals surface area contributed by atoms with E-state index < -0.39 is 15.9 Å². The Kier molecular flexibility index (Phi) is 8.34. The van der Waals surface area contributed by atoms with Crippen molar-refractivity contribution in [2.75, 3.05) is 30.3 Å². The van der Waals surface area contributed by atoms with Crippen LogP contribution in [0.1, 0.15) is 24.5 Å². The first-order chi connectivity index (χ1) is 13.7. The van der Waals surface area contributed by atoms with Gasteiger partial charge in [-0.1, -0.05) is 37.1 Å². The van der Waals surface area contributed by atoms with Crippen LogP contribution in [0.4, 0.5) is 5.69 Å². The van der Waals surface area contributed by atoms with Gasteiger partial charge in [0.1, 0.15) is 18.9 Å². The fourth-order valence-corrected chi connectivity index (χ4v) is 4.01. The highest BCUT2D eigenvalue weighted by molar-refractivity contribution is 7.92. The van der Waals surface area contributed by atoms with E-state index in [0.29, 0.717) is 16.3 Å². The number of sulfonamides is 1. The minimum Gasteiger partial charge on any atom is -0.492 e. The van der Waals surface area contributed by atoms with E-state index in [0.717, 1.165) is 29.2 Å². The van der Waals surface area contributed by atoms with Crippen LogP contribution in [0.5, 0.6) is 5.75 Å². The molecule has 2 rings (SSSR count). The lowest BCUT2D eigenvalue weighted by molar-refractivity contribution is -0.119. The van der Waals surface area contributed by atoms with Crippen molar-refractivity contribution in [3.05, 3.63) is 58.6 Å². The quantitative estimate of drug-likeness (QED) is 0.575. The number of nitrogens with one attached hydrogen (secondary N) is 1. The van der Waals surface area contributed by atoms with Gasteiger partial charge in [-0.3, -0.25) is 9.10 Å². The Bertz CT molecular complexity index is 930. The Morgan fingerprint density at radius 1 is 1.17 bits per heavy atom. The lowest BCUT2D eigenvalue weighted by Crippen LogP contribution is -2.41. The molecular weight excluding hydrogens is 412 g/mol. The number of benzene rings is 2. The maximum absolute atomic E-state index is 12.3. The first kappa shape index (κ1) is 23.0. The molecule has 0 bridgehead atoms. The van der Waals surface area contributed by atoms with Crippen LogP contribution in [0, 0.1) is 6.92 Å². The molecule has 158 valence electrons. The number of anilines is 1. The number of hydrogen-bond donors (Lipinski definition) is 1. The van der Waals surface area contributed by atoms with Crippen LogP contribution in [-0.2, 0) is 21.2 Å². The molecule has 0 aliphatic heterocycles. The number of carbonyl (C=O) groups excluding carboxylic acids is 1. The highest BCUT2D eigenvalue weighted by Gasteiger charge is 2.22. The maximum Gasteiger partial charge on any atom is 0.240 e. The molecule has 0 saturated carbocycles. The van der Waals surface area contributed by atoms with Gasteiger partial charge in [-0.05, 0) is 54.8 Å². The predicted molar refractivity (Wildman–Crippen MR) is 117 cm³/mol. The second-order valence-corrected chi connectivity index (χ2v) is 9.14. The molecule has 0 radical (unpaired) electrons. The summed E-state index contributed by atoms with van der Waals surface area (Å²) >= 11 is 5.94. The summed E-state index contributed by atoms with van der Waals surface area (Å²) in [6.45, 7) is 4.13. The van der Waals surface area contributed by atoms with Gasteiger partial charge < -0.3 is 10.1 Å². The highest BCUT2D eigenvalue weighted by Crippen LogP contribution is 2.25. The second-order valence-electron chi connectivity index (χ2n) is 6.79. The van der Waals surface area contributed by atoms with Crippen LogP contribution in [-0.4, -0.2) is 40.3 Å². The van der Waals surface area contributed by atoms with Crippen molar-refractivity contribution in [2.24, 2.45) is 0 Å². The molecular formula is C21H27ClN2O4S. The predicted octanol–water partition coefficient (Wildman–Crippen LogP) is 3.56. The fourth-order valence-electron chi connectivity index (χ4n) is 2.87. The Morgan fingerprint density at radius 3 is 2.45 bits per heavy atom. The molecule has 0 unspecified atom stereocenters. The standard InChI is InChI=1S/C21H27ClN2O4S/c1-4-5-17-6-9-19(10-7-17)28-13-12-23-21(25)15-24(29(3,26)27)20-11-8-18(22)14-16(20)2/h6-11,14H,4-5,12-13,15H2,1-3H3,(H,23,25). The average molecular weight is 439 g/mol. The number of rotatable bonds is 10. The summed E-state index contributed by atoms with van der Waals surface area (Å²) in [5, 5.41) is 3.20. The maximum atomic E-state index is 12.3. The van der Waals surface area contributed by atoms with Gasteiger partial charge in [0, 0.05) is 5.02 Å². The molecule has 0 aromatic heterocycles. The number of amides is 1. The third kappa shape index (κ3) is 7.25. The average Bonchev–Trinajstić information content (AvgIpc) is 2.64. The van der Waals surface area contributed by atoms with Crippen LogP contribution in [0.2, 0.25) is 5.02 Å². The van der Waals surface area contributed by atoms with E-state index in [1.165, 1.54) is 5.56 Å². The molecule has 0 heterocycles. The van der Waals surface area contributed by atoms with Crippen LogP contribution in [0.3, 0.4) is 0 Å². The molecule has 1 N–H and O–H groups in total. The van der Waals surface area contributed by atoms with Crippen molar-refractivity contribution in [3.8, 4) is 5.75 Å². The van der Waals surface area contributed by atoms with E-state index >= 15 is 0 Å². The monoisotopic (exact) mass is 438 g/mol. The number of aryl methyl sites for hydroxylation is 2. The number of nitrogens with zero attached hydrogens (tertiary/aromatic N) is 1. The van der Waals surface area contributed by atoms with E-state index in [1.54, 1.807) is 25.1 Å². The number of ether oxygens (including phenoxy) is 1. The van der Waals surface area contributed by atoms with Crippen molar-refractivity contribution < 1.29 is 17.9 Å². The van der Waals surface area contributed by atoms with Gasteiger partial charge in [0.25, 0.3) is 0 Å². The lowest BCUT2D eigenvalue weighted by Gasteiger charge is -2.23. The zero-order valence-corrected chi connectivity index (χ0v) is 18.5. The molecule has 0 atom stereocenters. The van der Waals surface area contributed by atoms with Gasteiger partial charge in [0.05, 0.1) is 18.5 Å². The fraction of sp³-hybridized carbons (Fsp3) is 0.381. The first-order valence-electron chi connectivity index (χ1n) is 9.43. The van der Waals surface area contributed by atoms with E-state index in [2.05, 4.69) is 12.2 Å². The van der Waals surface area contributed by atoms with Gasteiger partial charge in [-0.2, -0.15) is 0 Å². The molecule has 0 fully saturated rings.